The normalized spacial score (nSPS) is 23.6. The summed E-state index contributed by atoms with van der Waals surface area (Å²) in [6.07, 6.45) is 7.40. The highest BCUT2D eigenvalue weighted by molar-refractivity contribution is 7.89. The first kappa shape index (κ1) is 14.7. The van der Waals surface area contributed by atoms with Crippen molar-refractivity contribution in [3.8, 4) is 0 Å². The van der Waals surface area contributed by atoms with Gasteiger partial charge in [0.15, 0.2) is 0 Å². The maximum absolute atomic E-state index is 10.4. The largest absolute Gasteiger partial charge is 0.744 e. The lowest BCUT2D eigenvalue weighted by molar-refractivity contribution is -0.877. The third kappa shape index (κ3) is 5.66. The van der Waals surface area contributed by atoms with Gasteiger partial charge in [-0.2, -0.15) is 0 Å². The molecular formula is C12H23NO3S. The standard InChI is InChI=1S/C6H14N.C6H10O3S/c1-7(2)5-3-4-6-7;7-10(8,9)6-4-2-1-3-5-6/h3-6H2,1-2H3;4H,1-3,5H2,(H,7,8,9)/q+1;/p-1. The molecule has 0 aromatic heterocycles. The van der Waals surface area contributed by atoms with Crippen LogP contribution in [0.3, 0.4) is 0 Å². The number of likely N-dealkylation sites (tertiary alicyclic amines) is 1. The van der Waals surface area contributed by atoms with E-state index in [1.165, 1.54) is 36.5 Å². The number of nitrogens with zero attached hydrogens (tertiary/aromatic N) is 1. The van der Waals surface area contributed by atoms with E-state index in [1.54, 1.807) is 0 Å². The van der Waals surface area contributed by atoms with Crippen LogP contribution in [-0.4, -0.2) is 44.6 Å². The summed E-state index contributed by atoms with van der Waals surface area (Å²) in [5, 5.41) is 0. The highest BCUT2D eigenvalue weighted by atomic mass is 32.2. The summed E-state index contributed by atoms with van der Waals surface area (Å²) in [6, 6.07) is 0. The van der Waals surface area contributed by atoms with Gasteiger partial charge in [0.2, 0.25) is 0 Å². The second-order valence-corrected chi connectivity index (χ2v) is 6.89. The first-order valence-corrected chi connectivity index (χ1v) is 7.69. The lowest BCUT2D eigenvalue weighted by Crippen LogP contribution is -2.35. The Labute approximate surface area is 105 Å². The van der Waals surface area contributed by atoms with E-state index in [0.717, 1.165) is 19.3 Å². The summed E-state index contributed by atoms with van der Waals surface area (Å²) >= 11 is 0. The zero-order chi connectivity index (χ0) is 12.9. The topological polar surface area (TPSA) is 57.2 Å². The quantitative estimate of drug-likeness (QED) is 0.534. The summed E-state index contributed by atoms with van der Waals surface area (Å²) in [5.41, 5.74) is 0. The Balaban J connectivity index is 0.000000181. The van der Waals surface area contributed by atoms with Crippen LogP contribution >= 0.6 is 0 Å². The second-order valence-electron chi connectivity index (χ2n) is 5.46. The van der Waals surface area contributed by atoms with Gasteiger partial charge in [0.05, 0.1) is 27.2 Å². The number of quaternary nitrogens is 1. The molecule has 0 aromatic carbocycles. The highest BCUT2D eigenvalue weighted by Crippen LogP contribution is 2.20. The van der Waals surface area contributed by atoms with E-state index in [1.807, 2.05) is 0 Å². The van der Waals surface area contributed by atoms with Crippen LogP contribution in [0, 0.1) is 0 Å². The van der Waals surface area contributed by atoms with E-state index in [2.05, 4.69) is 14.1 Å². The fourth-order valence-corrected chi connectivity index (χ4v) is 2.94. The Morgan fingerprint density at radius 1 is 1.12 bits per heavy atom. The second kappa shape index (κ2) is 5.98. The van der Waals surface area contributed by atoms with Crippen molar-refractivity contribution >= 4 is 10.1 Å². The predicted octanol–water partition coefficient (Wildman–Crippen LogP) is 1.85. The fourth-order valence-electron chi connectivity index (χ4n) is 2.23. The molecular weight excluding hydrogens is 238 g/mol. The van der Waals surface area contributed by atoms with E-state index >= 15 is 0 Å². The van der Waals surface area contributed by atoms with Crippen molar-refractivity contribution in [2.45, 2.75) is 38.5 Å². The molecule has 0 bridgehead atoms. The molecule has 0 N–H and O–H groups in total. The zero-order valence-corrected chi connectivity index (χ0v) is 11.6. The molecule has 1 aliphatic heterocycles. The van der Waals surface area contributed by atoms with Gasteiger partial charge in [0, 0.05) is 17.7 Å². The number of hydrogen-bond donors (Lipinski definition) is 0. The maximum atomic E-state index is 10.4. The Morgan fingerprint density at radius 2 is 1.71 bits per heavy atom. The lowest BCUT2D eigenvalue weighted by atomic mass is 10.1. The van der Waals surface area contributed by atoms with Gasteiger partial charge in [0.25, 0.3) is 0 Å². The van der Waals surface area contributed by atoms with Crippen molar-refractivity contribution in [3.05, 3.63) is 11.0 Å². The molecule has 1 aliphatic carbocycles. The predicted molar refractivity (Wildman–Crippen MR) is 67.3 cm³/mol. The molecule has 100 valence electrons. The Bertz CT molecular complexity index is 363. The zero-order valence-electron chi connectivity index (χ0n) is 10.8. The molecule has 1 saturated heterocycles. The van der Waals surface area contributed by atoms with E-state index in [9.17, 15) is 13.0 Å². The Hall–Kier alpha value is -0.390. The van der Waals surface area contributed by atoms with Gasteiger partial charge in [-0.05, 0) is 25.7 Å². The van der Waals surface area contributed by atoms with Crippen molar-refractivity contribution < 1.29 is 17.5 Å². The van der Waals surface area contributed by atoms with E-state index in [4.69, 9.17) is 0 Å². The monoisotopic (exact) mass is 261 g/mol. The Morgan fingerprint density at radius 3 is 1.94 bits per heavy atom. The smallest absolute Gasteiger partial charge is 0.120 e. The molecule has 0 radical (unpaired) electrons. The molecule has 0 saturated carbocycles. The van der Waals surface area contributed by atoms with Crippen LogP contribution in [0.1, 0.15) is 38.5 Å². The van der Waals surface area contributed by atoms with Gasteiger partial charge in [-0.25, -0.2) is 8.42 Å². The van der Waals surface area contributed by atoms with Gasteiger partial charge in [0.1, 0.15) is 10.1 Å². The highest BCUT2D eigenvalue weighted by Gasteiger charge is 2.19. The molecule has 5 heteroatoms. The average molecular weight is 261 g/mol. The van der Waals surface area contributed by atoms with Gasteiger partial charge >= 0.3 is 0 Å². The first-order valence-electron chi connectivity index (χ1n) is 6.28. The van der Waals surface area contributed by atoms with Crippen LogP contribution in [0.25, 0.3) is 0 Å². The molecule has 2 aliphatic rings. The fraction of sp³-hybridized carbons (Fsp3) is 0.833. The molecule has 2 rings (SSSR count). The van der Waals surface area contributed by atoms with Gasteiger partial charge in [-0.15, -0.1) is 0 Å². The average Bonchev–Trinajstić information content (AvgIpc) is 2.64. The van der Waals surface area contributed by atoms with Crippen molar-refractivity contribution in [2.24, 2.45) is 0 Å². The van der Waals surface area contributed by atoms with Gasteiger partial charge in [-0.3, -0.25) is 0 Å². The molecule has 0 unspecified atom stereocenters. The van der Waals surface area contributed by atoms with Crippen LogP contribution < -0.4 is 0 Å². The summed E-state index contributed by atoms with van der Waals surface area (Å²) in [6.45, 7) is 2.78. The number of hydrogen-bond acceptors (Lipinski definition) is 3. The summed E-state index contributed by atoms with van der Waals surface area (Å²) in [7, 11) is 0.482. The van der Waals surface area contributed by atoms with E-state index < -0.39 is 10.1 Å². The maximum Gasteiger partial charge on any atom is 0.120 e. The summed E-state index contributed by atoms with van der Waals surface area (Å²) in [5.74, 6) is 0. The van der Waals surface area contributed by atoms with Crippen molar-refractivity contribution in [1.82, 2.24) is 0 Å². The minimum atomic E-state index is -4.11. The van der Waals surface area contributed by atoms with Crippen LogP contribution in [0.5, 0.6) is 0 Å². The van der Waals surface area contributed by atoms with Gasteiger partial charge in [-0.1, -0.05) is 6.08 Å². The van der Waals surface area contributed by atoms with Crippen LogP contribution in [0.2, 0.25) is 0 Å². The molecule has 1 fully saturated rings. The van der Waals surface area contributed by atoms with E-state index in [0.29, 0.717) is 6.42 Å². The molecule has 1 heterocycles. The molecule has 17 heavy (non-hydrogen) atoms. The number of rotatable bonds is 1. The molecule has 0 atom stereocenters. The van der Waals surface area contributed by atoms with Crippen LogP contribution in [-0.2, 0) is 10.1 Å². The number of allylic oxidation sites excluding steroid dienone is 2. The van der Waals surface area contributed by atoms with E-state index in [-0.39, 0.29) is 4.91 Å². The third-order valence-electron chi connectivity index (χ3n) is 3.35. The van der Waals surface area contributed by atoms with Gasteiger partial charge < -0.3 is 9.04 Å². The third-order valence-corrected chi connectivity index (χ3v) is 4.36. The minimum Gasteiger partial charge on any atom is -0.744 e. The van der Waals surface area contributed by atoms with Crippen molar-refractivity contribution in [2.75, 3.05) is 27.2 Å². The Kier molecular flexibility index (Phi) is 5.16. The minimum absolute atomic E-state index is 0.0822. The molecule has 4 nitrogen and oxygen atoms in total. The molecule has 0 aromatic rings. The summed E-state index contributed by atoms with van der Waals surface area (Å²) in [4.78, 5) is 0.0822. The van der Waals surface area contributed by atoms with Crippen LogP contribution in [0.4, 0.5) is 0 Å². The van der Waals surface area contributed by atoms with Crippen LogP contribution in [0.15, 0.2) is 11.0 Å². The van der Waals surface area contributed by atoms with Crippen molar-refractivity contribution in [1.29, 1.82) is 0 Å². The SMILES string of the molecule is C[N+]1(C)CCCC1.O=S(=O)([O-])C1=CCCCC1. The van der Waals surface area contributed by atoms with Crippen molar-refractivity contribution in [3.63, 3.8) is 0 Å². The first-order chi connectivity index (χ1) is 7.81. The summed E-state index contributed by atoms with van der Waals surface area (Å²) < 4.78 is 32.3. The molecule has 0 spiro atoms. The molecule has 0 amide bonds. The lowest BCUT2D eigenvalue weighted by Gasteiger charge is -2.21.